The van der Waals surface area contributed by atoms with E-state index in [2.05, 4.69) is 5.32 Å². The lowest BCUT2D eigenvalue weighted by Gasteiger charge is -2.34. The van der Waals surface area contributed by atoms with Crippen LogP contribution in [0.3, 0.4) is 0 Å². The summed E-state index contributed by atoms with van der Waals surface area (Å²) >= 11 is 12.4. The Bertz CT molecular complexity index is 1200. The Kier molecular flexibility index (Phi) is 10.0. The van der Waals surface area contributed by atoms with E-state index in [9.17, 15) is 18.0 Å². The highest BCUT2D eigenvalue weighted by molar-refractivity contribution is 7.92. The number of carbonyl (C=O) groups excluding carboxylic acids is 2. The number of hydrogen-bond acceptors (Lipinski definition) is 5. The van der Waals surface area contributed by atoms with Gasteiger partial charge < -0.3 is 15.0 Å². The van der Waals surface area contributed by atoms with E-state index in [1.54, 1.807) is 49.4 Å². The second-order valence-corrected chi connectivity index (χ2v) is 12.1. The standard InChI is InChI=1S/C25H33Cl2N3O5S/c1-7-20(24(32)28-25(2,3)4)29(15-17-12-13-18(26)14-19(17)27)23(31)16-30(36(6,33)34)21-10-8-9-11-22(21)35-5/h8-14,20H,7,15-16H2,1-6H3,(H,28,32). The minimum absolute atomic E-state index is 0.0194. The molecule has 1 N–H and O–H groups in total. The molecule has 198 valence electrons. The maximum atomic E-state index is 13.8. The molecule has 0 aliphatic carbocycles. The largest absolute Gasteiger partial charge is 0.495 e. The molecule has 0 spiro atoms. The maximum Gasteiger partial charge on any atom is 0.244 e. The van der Waals surface area contributed by atoms with Crippen molar-refractivity contribution in [3.05, 3.63) is 58.1 Å². The normalized spacial score (nSPS) is 12.6. The summed E-state index contributed by atoms with van der Waals surface area (Å²) in [4.78, 5) is 28.3. The van der Waals surface area contributed by atoms with Gasteiger partial charge >= 0.3 is 0 Å². The minimum Gasteiger partial charge on any atom is -0.495 e. The minimum atomic E-state index is -3.89. The average molecular weight is 559 g/mol. The third-order valence-corrected chi connectivity index (χ3v) is 6.99. The smallest absolute Gasteiger partial charge is 0.244 e. The van der Waals surface area contributed by atoms with E-state index in [1.807, 2.05) is 20.8 Å². The Labute approximate surface area is 223 Å². The van der Waals surface area contributed by atoms with Gasteiger partial charge in [-0.25, -0.2) is 8.42 Å². The molecule has 0 heterocycles. The zero-order chi connectivity index (χ0) is 27.3. The molecule has 0 fully saturated rings. The van der Waals surface area contributed by atoms with Crippen LogP contribution in [0.15, 0.2) is 42.5 Å². The van der Waals surface area contributed by atoms with Crippen molar-refractivity contribution in [2.45, 2.75) is 52.2 Å². The lowest BCUT2D eigenvalue weighted by molar-refractivity contribution is -0.141. The van der Waals surface area contributed by atoms with Crippen molar-refractivity contribution in [3.63, 3.8) is 0 Å². The number of benzene rings is 2. The fraction of sp³-hybridized carbons (Fsp3) is 0.440. The van der Waals surface area contributed by atoms with Crippen LogP contribution in [0.1, 0.15) is 39.7 Å². The van der Waals surface area contributed by atoms with Crippen LogP contribution in [0, 0.1) is 0 Å². The van der Waals surface area contributed by atoms with Crippen molar-refractivity contribution in [3.8, 4) is 5.75 Å². The van der Waals surface area contributed by atoms with Gasteiger partial charge in [0, 0.05) is 22.1 Å². The van der Waals surface area contributed by atoms with Crippen LogP contribution in [-0.2, 0) is 26.2 Å². The summed E-state index contributed by atoms with van der Waals surface area (Å²) < 4.78 is 31.8. The van der Waals surface area contributed by atoms with Gasteiger partial charge in [0.1, 0.15) is 18.3 Å². The fourth-order valence-electron chi connectivity index (χ4n) is 3.64. The van der Waals surface area contributed by atoms with Crippen molar-refractivity contribution < 1.29 is 22.7 Å². The first-order chi connectivity index (χ1) is 16.7. The van der Waals surface area contributed by atoms with Gasteiger partial charge in [-0.1, -0.05) is 48.3 Å². The van der Waals surface area contributed by atoms with Gasteiger partial charge in [0.15, 0.2) is 0 Å². The predicted octanol–water partition coefficient (Wildman–Crippen LogP) is 4.49. The first-order valence-corrected chi connectivity index (χ1v) is 13.9. The first-order valence-electron chi connectivity index (χ1n) is 11.3. The van der Waals surface area contributed by atoms with Gasteiger partial charge in [-0.2, -0.15) is 0 Å². The SMILES string of the molecule is CCC(C(=O)NC(C)(C)C)N(Cc1ccc(Cl)cc1Cl)C(=O)CN(c1ccccc1OC)S(C)(=O)=O. The number of para-hydroxylation sites is 2. The second-order valence-electron chi connectivity index (χ2n) is 9.36. The number of sulfonamides is 1. The van der Waals surface area contributed by atoms with E-state index in [1.165, 1.54) is 12.0 Å². The molecule has 36 heavy (non-hydrogen) atoms. The molecule has 2 amide bonds. The third kappa shape index (κ3) is 8.01. The van der Waals surface area contributed by atoms with Crippen LogP contribution in [0.4, 0.5) is 5.69 Å². The molecule has 0 saturated carbocycles. The number of nitrogens with zero attached hydrogens (tertiary/aromatic N) is 2. The number of halogens is 2. The summed E-state index contributed by atoms with van der Waals surface area (Å²) in [5.41, 5.74) is 0.250. The number of ether oxygens (including phenoxy) is 1. The molecular formula is C25H33Cl2N3O5S. The molecule has 1 atom stereocenters. The monoisotopic (exact) mass is 557 g/mol. The Balaban J connectivity index is 2.53. The van der Waals surface area contributed by atoms with Crippen molar-refractivity contribution in [2.24, 2.45) is 0 Å². The highest BCUT2D eigenvalue weighted by atomic mass is 35.5. The Morgan fingerprint density at radius 2 is 1.75 bits per heavy atom. The van der Waals surface area contributed by atoms with Crippen molar-refractivity contribution in [2.75, 3.05) is 24.2 Å². The number of rotatable bonds is 10. The molecule has 2 aromatic rings. The number of hydrogen-bond donors (Lipinski definition) is 1. The lowest BCUT2D eigenvalue weighted by Crippen LogP contribution is -2.55. The second kappa shape index (κ2) is 12.2. The molecule has 0 saturated heterocycles. The van der Waals surface area contributed by atoms with E-state index in [0.29, 0.717) is 27.8 Å². The van der Waals surface area contributed by atoms with Crippen molar-refractivity contribution in [1.29, 1.82) is 0 Å². The van der Waals surface area contributed by atoms with E-state index < -0.39 is 34.1 Å². The van der Waals surface area contributed by atoms with E-state index in [-0.39, 0.29) is 18.1 Å². The third-order valence-electron chi connectivity index (χ3n) is 5.27. The molecule has 0 radical (unpaired) electrons. The number of methoxy groups -OCH3 is 1. The molecule has 8 nitrogen and oxygen atoms in total. The Morgan fingerprint density at radius 3 is 2.28 bits per heavy atom. The van der Waals surface area contributed by atoms with Crippen LogP contribution >= 0.6 is 23.2 Å². The van der Waals surface area contributed by atoms with Crippen molar-refractivity contribution in [1.82, 2.24) is 10.2 Å². The first kappa shape index (κ1) is 29.7. The van der Waals surface area contributed by atoms with Gasteiger partial charge in [0.05, 0.1) is 19.1 Å². The van der Waals surface area contributed by atoms with Crippen LogP contribution in [-0.4, -0.2) is 56.6 Å². The summed E-state index contributed by atoms with van der Waals surface area (Å²) in [5.74, 6) is -0.638. The van der Waals surface area contributed by atoms with Crippen molar-refractivity contribution >= 4 is 50.7 Å². The summed E-state index contributed by atoms with van der Waals surface area (Å²) in [6.45, 7) is 6.75. The molecule has 1 unspecified atom stereocenters. The molecule has 11 heteroatoms. The van der Waals surface area contributed by atoms with Gasteiger partial charge in [-0.15, -0.1) is 0 Å². The highest BCUT2D eigenvalue weighted by Crippen LogP contribution is 2.30. The van der Waals surface area contributed by atoms with Gasteiger partial charge in [0.2, 0.25) is 21.8 Å². The molecule has 2 aromatic carbocycles. The summed E-state index contributed by atoms with van der Waals surface area (Å²) in [7, 11) is -2.47. The zero-order valence-electron chi connectivity index (χ0n) is 21.3. The maximum absolute atomic E-state index is 13.8. The Hall–Kier alpha value is -2.49. The molecule has 0 aliphatic heterocycles. The summed E-state index contributed by atoms with van der Waals surface area (Å²) in [6, 6.07) is 10.5. The van der Waals surface area contributed by atoms with E-state index in [0.717, 1.165) is 10.6 Å². The van der Waals surface area contributed by atoms with Gasteiger partial charge in [0.25, 0.3) is 0 Å². The molecule has 0 aromatic heterocycles. The fourth-order valence-corrected chi connectivity index (χ4v) is 4.96. The Morgan fingerprint density at radius 1 is 1.11 bits per heavy atom. The van der Waals surface area contributed by atoms with Gasteiger partial charge in [-0.05, 0) is 57.0 Å². The van der Waals surface area contributed by atoms with Gasteiger partial charge in [-0.3, -0.25) is 13.9 Å². The number of nitrogens with one attached hydrogen (secondary N) is 1. The summed E-state index contributed by atoms with van der Waals surface area (Å²) in [6.07, 6.45) is 1.31. The molecular weight excluding hydrogens is 525 g/mol. The van der Waals surface area contributed by atoms with Crippen LogP contribution < -0.4 is 14.4 Å². The number of anilines is 1. The van der Waals surface area contributed by atoms with Crippen LogP contribution in [0.25, 0.3) is 0 Å². The molecule has 0 aliphatic rings. The topological polar surface area (TPSA) is 96.0 Å². The lowest BCUT2D eigenvalue weighted by atomic mass is 10.1. The van der Waals surface area contributed by atoms with Crippen LogP contribution in [0.2, 0.25) is 10.0 Å². The summed E-state index contributed by atoms with van der Waals surface area (Å²) in [5, 5.41) is 3.67. The molecule has 2 rings (SSSR count). The predicted molar refractivity (Wildman–Crippen MR) is 144 cm³/mol. The highest BCUT2D eigenvalue weighted by Gasteiger charge is 2.34. The number of carbonyl (C=O) groups is 2. The van der Waals surface area contributed by atoms with E-state index >= 15 is 0 Å². The molecule has 0 bridgehead atoms. The quantitative estimate of drug-likeness (QED) is 0.464. The van der Waals surface area contributed by atoms with Crippen LogP contribution in [0.5, 0.6) is 5.75 Å². The zero-order valence-corrected chi connectivity index (χ0v) is 23.7. The number of amides is 2. The van der Waals surface area contributed by atoms with E-state index in [4.69, 9.17) is 27.9 Å². The average Bonchev–Trinajstić information content (AvgIpc) is 2.76.